The van der Waals surface area contributed by atoms with Crippen molar-refractivity contribution in [1.82, 2.24) is 24.0 Å². The predicted octanol–water partition coefficient (Wildman–Crippen LogP) is 9.13. The number of aliphatic hydroxyl groups excluding tert-OH is 1. The standard InChI is InChI=1S/C18H14Cl4N2O.C14H22N2O.C6H9N3O3/c19-13-2-1-12(16(21)7-13)10-25-18(9-24-6-5-23-11-24)15-4-3-14(20)8-17(15)22;1-5-16(6-2)10-13(17)15-14-11(3)8-7-9-12(14)4;1-5-7-4-6(9(11)12)8(5)2-3-10/h1-8,11,18H,9-10H2;7-9H,5-6,10H2,1-4H3,(H,15,17);4,10H,2-3H2,1H3. The van der Waals surface area contributed by atoms with Crippen molar-refractivity contribution in [1.29, 1.82) is 0 Å². The number of imidazole rings is 2. The number of nitrogens with one attached hydrogen (secondary N) is 1. The van der Waals surface area contributed by atoms with Gasteiger partial charge in [-0.3, -0.25) is 9.69 Å². The molecule has 2 heterocycles. The summed E-state index contributed by atoms with van der Waals surface area (Å²) >= 11 is 24.5. The summed E-state index contributed by atoms with van der Waals surface area (Å²) in [5, 5.41) is 24.3. The van der Waals surface area contributed by atoms with Crippen molar-refractivity contribution in [3.8, 4) is 0 Å². The molecule has 0 spiro atoms. The molecule has 3 aromatic carbocycles. The maximum Gasteiger partial charge on any atom is 0.342 e. The molecule has 1 atom stereocenters. The highest BCUT2D eigenvalue weighted by atomic mass is 35.5. The van der Waals surface area contributed by atoms with Crippen molar-refractivity contribution < 1.29 is 19.6 Å². The molecule has 1 amide bonds. The van der Waals surface area contributed by atoms with Crippen molar-refractivity contribution >= 4 is 63.8 Å². The molecule has 1 unspecified atom stereocenters. The van der Waals surface area contributed by atoms with E-state index in [0.717, 1.165) is 41.0 Å². The zero-order valence-electron chi connectivity index (χ0n) is 30.8. The predicted molar refractivity (Wildman–Crippen MR) is 216 cm³/mol. The summed E-state index contributed by atoms with van der Waals surface area (Å²) in [5.41, 5.74) is 4.87. The average molecular weight is 822 g/mol. The number of hydrogen-bond acceptors (Lipinski definition) is 8. The van der Waals surface area contributed by atoms with Crippen LogP contribution in [-0.2, 0) is 29.2 Å². The van der Waals surface area contributed by atoms with Gasteiger partial charge < -0.3 is 29.8 Å². The normalized spacial score (nSPS) is 11.3. The smallest absolute Gasteiger partial charge is 0.342 e. The Morgan fingerprint density at radius 3 is 2.20 bits per heavy atom. The minimum absolute atomic E-state index is 0.0612. The molecular formula is C38H45Cl4N7O5. The SMILES string of the molecule is CCN(CC)CC(=O)Nc1c(C)cccc1C.Cc1ncc([N+](=O)[O-])n1CCO.Clc1ccc(COC(Cn2ccnc2)c2ccc(Cl)cc2Cl)c(Cl)c1. The number of benzene rings is 3. The van der Waals surface area contributed by atoms with E-state index in [9.17, 15) is 14.9 Å². The maximum atomic E-state index is 11.9. The van der Waals surface area contributed by atoms with Crippen LogP contribution in [0.1, 0.15) is 48.0 Å². The molecule has 0 radical (unpaired) electrons. The van der Waals surface area contributed by atoms with Crippen LogP contribution >= 0.6 is 46.4 Å². The van der Waals surface area contributed by atoms with Gasteiger partial charge in [0.05, 0.1) is 32.6 Å². The number of aliphatic hydroxyl groups is 1. The molecule has 16 heteroatoms. The number of aryl methyl sites for hydroxylation is 3. The first-order chi connectivity index (χ1) is 25.8. The Kier molecular flexibility index (Phi) is 18.4. The van der Waals surface area contributed by atoms with Gasteiger partial charge in [0.1, 0.15) is 18.8 Å². The highest BCUT2D eigenvalue weighted by Gasteiger charge is 2.18. The minimum Gasteiger partial charge on any atom is -0.392 e. The van der Waals surface area contributed by atoms with Gasteiger partial charge in [-0.05, 0) is 72.8 Å². The first kappa shape index (κ1) is 44.4. The Morgan fingerprint density at radius 1 is 1.00 bits per heavy atom. The van der Waals surface area contributed by atoms with Crippen LogP contribution in [0.5, 0.6) is 0 Å². The molecule has 2 aromatic heterocycles. The highest BCUT2D eigenvalue weighted by molar-refractivity contribution is 6.35. The number of likely N-dealkylation sites (N-methyl/N-ethyl adjacent to an activating group) is 1. The van der Waals surface area contributed by atoms with Gasteiger partial charge in [0.25, 0.3) is 0 Å². The minimum atomic E-state index is -0.518. The molecule has 0 saturated heterocycles. The van der Waals surface area contributed by atoms with E-state index in [1.165, 1.54) is 10.8 Å². The van der Waals surface area contributed by atoms with Crippen LogP contribution in [0, 0.1) is 30.9 Å². The topological polar surface area (TPSA) is 141 Å². The molecule has 54 heavy (non-hydrogen) atoms. The van der Waals surface area contributed by atoms with Crippen molar-refractivity contribution in [2.45, 2.75) is 60.4 Å². The number of nitro groups is 1. The quantitative estimate of drug-likeness (QED) is 0.0835. The van der Waals surface area contributed by atoms with Gasteiger partial charge in [-0.2, -0.15) is 0 Å². The fraction of sp³-hybridized carbons (Fsp3) is 0.342. The summed E-state index contributed by atoms with van der Waals surface area (Å²) in [4.78, 5) is 31.7. The molecule has 290 valence electrons. The Balaban J connectivity index is 0.000000235. The van der Waals surface area contributed by atoms with Gasteiger partial charge >= 0.3 is 5.82 Å². The molecule has 12 nitrogen and oxygen atoms in total. The van der Waals surface area contributed by atoms with Crippen molar-refractivity contribution in [2.75, 3.05) is 31.6 Å². The summed E-state index contributed by atoms with van der Waals surface area (Å²) in [7, 11) is 0. The molecule has 0 bridgehead atoms. The largest absolute Gasteiger partial charge is 0.392 e. The molecule has 5 aromatic rings. The second kappa shape index (κ2) is 22.4. The number of carbonyl (C=O) groups is 1. The van der Waals surface area contributed by atoms with Crippen LogP contribution in [0.2, 0.25) is 20.1 Å². The molecule has 0 saturated carbocycles. The second-order valence-electron chi connectivity index (χ2n) is 12.0. The molecule has 0 aliphatic heterocycles. The van der Waals surface area contributed by atoms with E-state index in [0.29, 0.717) is 45.6 Å². The van der Waals surface area contributed by atoms with Crippen LogP contribution in [0.4, 0.5) is 11.5 Å². The second-order valence-corrected chi connectivity index (χ2v) is 13.7. The van der Waals surface area contributed by atoms with Gasteiger partial charge in [0.2, 0.25) is 5.91 Å². The van der Waals surface area contributed by atoms with E-state index >= 15 is 0 Å². The monoisotopic (exact) mass is 819 g/mol. The third-order valence-corrected chi connectivity index (χ3v) is 9.40. The van der Waals surface area contributed by atoms with E-state index in [1.807, 2.05) is 54.9 Å². The van der Waals surface area contributed by atoms with Gasteiger partial charge in [-0.25, -0.2) is 14.5 Å². The number of ether oxygens (including phenoxy) is 1. The third-order valence-electron chi connectivity index (χ3n) is 8.25. The number of aromatic nitrogens is 4. The third kappa shape index (κ3) is 13.7. The van der Waals surface area contributed by atoms with E-state index in [-0.39, 0.29) is 31.0 Å². The Bertz CT molecular complexity index is 1930. The Morgan fingerprint density at radius 2 is 1.65 bits per heavy atom. The number of amides is 1. The summed E-state index contributed by atoms with van der Waals surface area (Å²) in [6.07, 6.45) is 6.22. The number of para-hydroxylation sites is 1. The van der Waals surface area contributed by atoms with E-state index < -0.39 is 4.92 Å². The molecule has 0 aliphatic carbocycles. The number of halogens is 4. The van der Waals surface area contributed by atoms with Crippen molar-refractivity contribution in [2.24, 2.45) is 0 Å². The molecule has 5 rings (SSSR count). The molecule has 0 aliphatic rings. The lowest BCUT2D eigenvalue weighted by Gasteiger charge is -2.21. The Labute approximate surface area is 335 Å². The van der Waals surface area contributed by atoms with Crippen LogP contribution in [0.15, 0.2) is 79.5 Å². The number of carbonyl (C=O) groups excluding carboxylic acids is 1. The van der Waals surface area contributed by atoms with Crippen LogP contribution in [0.3, 0.4) is 0 Å². The van der Waals surface area contributed by atoms with Gasteiger partial charge in [-0.1, -0.05) is 90.6 Å². The molecule has 0 fully saturated rings. The summed E-state index contributed by atoms with van der Waals surface area (Å²) < 4.78 is 9.42. The van der Waals surface area contributed by atoms with Gasteiger partial charge in [-0.15, -0.1) is 0 Å². The van der Waals surface area contributed by atoms with Crippen molar-refractivity contribution in [3.63, 3.8) is 0 Å². The Hall–Kier alpha value is -4.01. The zero-order chi connectivity index (χ0) is 39.8. The number of rotatable bonds is 14. The fourth-order valence-electron chi connectivity index (χ4n) is 5.24. The average Bonchev–Trinajstić information content (AvgIpc) is 3.78. The first-order valence-electron chi connectivity index (χ1n) is 17.1. The number of anilines is 1. The molecular weight excluding hydrogens is 776 g/mol. The van der Waals surface area contributed by atoms with Crippen LogP contribution < -0.4 is 5.32 Å². The lowest BCUT2D eigenvalue weighted by molar-refractivity contribution is -0.392. The summed E-state index contributed by atoms with van der Waals surface area (Å²) in [6.45, 7) is 13.0. The van der Waals surface area contributed by atoms with E-state index in [4.69, 9.17) is 56.2 Å². The fourth-order valence-corrected chi connectivity index (χ4v) is 6.23. The van der Waals surface area contributed by atoms with Gasteiger partial charge in [0, 0.05) is 50.7 Å². The van der Waals surface area contributed by atoms with Crippen molar-refractivity contribution in [3.05, 3.63) is 138 Å². The first-order valence-corrected chi connectivity index (χ1v) is 18.6. The zero-order valence-corrected chi connectivity index (χ0v) is 33.8. The van der Waals surface area contributed by atoms with E-state index in [1.54, 1.807) is 43.7 Å². The van der Waals surface area contributed by atoms with Gasteiger partial charge in [0.15, 0.2) is 5.82 Å². The molecule has 2 N–H and O–H groups in total. The number of hydrogen-bond donors (Lipinski definition) is 2. The lowest BCUT2D eigenvalue weighted by Crippen LogP contribution is -2.33. The van der Waals surface area contributed by atoms with Crippen LogP contribution in [0.25, 0.3) is 0 Å². The summed E-state index contributed by atoms with van der Waals surface area (Å²) in [6, 6.07) is 16.7. The maximum absolute atomic E-state index is 11.9. The highest BCUT2D eigenvalue weighted by Crippen LogP contribution is 2.31. The van der Waals surface area contributed by atoms with E-state index in [2.05, 4.69) is 34.0 Å². The summed E-state index contributed by atoms with van der Waals surface area (Å²) in [5.74, 6) is 0.517. The lowest BCUT2D eigenvalue weighted by atomic mass is 10.1. The number of nitrogens with zero attached hydrogens (tertiary/aromatic N) is 6. The van der Waals surface area contributed by atoms with Crippen LogP contribution in [-0.4, -0.2) is 66.2 Å².